The van der Waals surface area contributed by atoms with Gasteiger partial charge in [0, 0.05) is 6.42 Å². The van der Waals surface area contributed by atoms with Crippen LogP contribution < -0.4 is 0 Å². The van der Waals surface area contributed by atoms with Crippen LogP contribution >= 0.6 is 0 Å². The summed E-state index contributed by atoms with van der Waals surface area (Å²) in [6.07, 6.45) is 0.733. The minimum atomic E-state index is -1.48. The van der Waals surface area contributed by atoms with Gasteiger partial charge < -0.3 is 10.2 Å². The molecule has 0 fully saturated rings. The highest BCUT2D eigenvalue weighted by molar-refractivity contribution is 5.79. The quantitative estimate of drug-likeness (QED) is 0.760. The van der Waals surface area contributed by atoms with Crippen LogP contribution in [0.4, 0.5) is 0 Å². The van der Waals surface area contributed by atoms with E-state index in [9.17, 15) is 20.3 Å². The maximum Gasteiger partial charge on any atom is 0.324 e. The van der Waals surface area contributed by atoms with Crippen molar-refractivity contribution < 1.29 is 15.0 Å². The standard InChI is InChI=1S/C22H33NO3/c1-9-14(2)22(13-23,19(25)26)12-15-10-16(20(3,4)5)18(24)17(11-15)21(6,7)8/h10-11,14,24H,9,12H2,1-8H3,(H,25,26). The summed E-state index contributed by atoms with van der Waals surface area (Å²) in [6, 6.07) is 5.81. The summed E-state index contributed by atoms with van der Waals surface area (Å²) >= 11 is 0. The van der Waals surface area contributed by atoms with E-state index in [1.165, 1.54) is 0 Å². The van der Waals surface area contributed by atoms with E-state index in [0.29, 0.717) is 6.42 Å². The van der Waals surface area contributed by atoms with E-state index in [0.717, 1.165) is 16.7 Å². The number of hydrogen-bond donors (Lipinski definition) is 2. The van der Waals surface area contributed by atoms with Crippen LogP contribution in [0.1, 0.15) is 78.5 Å². The van der Waals surface area contributed by atoms with Gasteiger partial charge in [-0.3, -0.25) is 4.79 Å². The molecule has 0 radical (unpaired) electrons. The predicted octanol–water partition coefficient (Wildman–Crippen LogP) is 5.17. The van der Waals surface area contributed by atoms with E-state index >= 15 is 0 Å². The molecule has 0 aliphatic rings. The Morgan fingerprint density at radius 2 is 1.54 bits per heavy atom. The second-order valence-electron chi connectivity index (χ2n) is 9.41. The van der Waals surface area contributed by atoms with E-state index in [1.807, 2.05) is 67.5 Å². The average Bonchev–Trinajstić information content (AvgIpc) is 2.50. The lowest BCUT2D eigenvalue weighted by molar-refractivity contribution is -0.148. The lowest BCUT2D eigenvalue weighted by Crippen LogP contribution is -2.38. The molecule has 0 saturated heterocycles. The monoisotopic (exact) mass is 359 g/mol. The fraction of sp³-hybridized carbons (Fsp3) is 0.636. The molecular formula is C22H33NO3. The summed E-state index contributed by atoms with van der Waals surface area (Å²) in [5.74, 6) is -1.11. The van der Waals surface area contributed by atoms with E-state index in [2.05, 4.69) is 6.07 Å². The van der Waals surface area contributed by atoms with Crippen LogP contribution in [0.3, 0.4) is 0 Å². The Morgan fingerprint density at radius 3 is 1.81 bits per heavy atom. The second kappa shape index (κ2) is 7.31. The maximum absolute atomic E-state index is 12.0. The molecule has 0 spiro atoms. The number of hydrogen-bond acceptors (Lipinski definition) is 3. The van der Waals surface area contributed by atoms with Crippen LogP contribution in [0.15, 0.2) is 12.1 Å². The molecule has 4 nitrogen and oxygen atoms in total. The van der Waals surface area contributed by atoms with Crippen LogP contribution in [0.5, 0.6) is 5.75 Å². The molecule has 1 aromatic rings. The molecule has 144 valence electrons. The molecule has 0 aliphatic heterocycles. The average molecular weight is 360 g/mol. The second-order valence-corrected chi connectivity index (χ2v) is 9.41. The third kappa shape index (κ3) is 4.20. The molecule has 0 saturated carbocycles. The Bertz CT molecular complexity index is 681. The summed E-state index contributed by atoms with van der Waals surface area (Å²) in [4.78, 5) is 12.0. The molecule has 2 atom stereocenters. The van der Waals surface area contributed by atoms with Crippen molar-refractivity contribution in [1.82, 2.24) is 0 Å². The molecule has 2 unspecified atom stereocenters. The first-order valence-electron chi connectivity index (χ1n) is 9.22. The molecule has 2 N–H and O–H groups in total. The van der Waals surface area contributed by atoms with E-state index < -0.39 is 11.4 Å². The topological polar surface area (TPSA) is 81.3 Å². The van der Waals surface area contributed by atoms with Gasteiger partial charge in [0.15, 0.2) is 5.41 Å². The number of carboxylic acids is 1. The van der Waals surface area contributed by atoms with Gasteiger partial charge in [0.25, 0.3) is 0 Å². The van der Waals surface area contributed by atoms with Gasteiger partial charge in [-0.1, -0.05) is 73.9 Å². The molecule has 0 heterocycles. The van der Waals surface area contributed by atoms with Gasteiger partial charge >= 0.3 is 5.97 Å². The lowest BCUT2D eigenvalue weighted by Gasteiger charge is -2.31. The van der Waals surface area contributed by atoms with Crippen molar-refractivity contribution in [1.29, 1.82) is 5.26 Å². The molecular weight excluding hydrogens is 326 g/mol. The molecule has 1 rings (SSSR count). The molecule has 1 aromatic carbocycles. The molecule has 0 bridgehead atoms. The Balaban J connectivity index is 3.68. The smallest absolute Gasteiger partial charge is 0.324 e. The van der Waals surface area contributed by atoms with Crippen molar-refractivity contribution in [3.63, 3.8) is 0 Å². The Morgan fingerprint density at radius 1 is 1.12 bits per heavy atom. The highest BCUT2D eigenvalue weighted by atomic mass is 16.4. The van der Waals surface area contributed by atoms with Crippen LogP contribution in [0.2, 0.25) is 0 Å². The van der Waals surface area contributed by atoms with Gasteiger partial charge in [0.05, 0.1) is 6.07 Å². The van der Waals surface area contributed by atoms with Crippen molar-refractivity contribution >= 4 is 5.97 Å². The predicted molar refractivity (Wildman–Crippen MR) is 104 cm³/mol. The van der Waals surface area contributed by atoms with E-state index in [1.54, 1.807) is 0 Å². The third-order valence-corrected chi connectivity index (χ3v) is 5.30. The van der Waals surface area contributed by atoms with E-state index in [4.69, 9.17) is 0 Å². The SMILES string of the molecule is CCC(C)C(C#N)(Cc1cc(C(C)(C)C)c(O)c(C(C)(C)C)c1)C(=O)O. The molecule has 0 amide bonds. The zero-order valence-electron chi connectivity index (χ0n) is 17.4. The van der Waals surface area contributed by atoms with Crippen molar-refractivity contribution in [2.45, 2.75) is 79.1 Å². The number of phenolic OH excluding ortho intramolecular Hbond substituents is 1. The number of rotatable bonds is 5. The number of nitriles is 1. The first kappa shape index (κ1) is 22.0. The molecule has 26 heavy (non-hydrogen) atoms. The van der Waals surface area contributed by atoms with Crippen molar-refractivity contribution in [3.05, 3.63) is 28.8 Å². The summed E-state index contributed by atoms with van der Waals surface area (Å²) < 4.78 is 0. The first-order chi connectivity index (χ1) is 11.7. The van der Waals surface area contributed by atoms with Crippen molar-refractivity contribution in [2.24, 2.45) is 11.3 Å². The summed E-state index contributed by atoms with van der Waals surface area (Å²) in [5, 5.41) is 30.4. The van der Waals surface area contributed by atoms with Gasteiger partial charge in [0.1, 0.15) is 5.75 Å². The third-order valence-electron chi connectivity index (χ3n) is 5.30. The van der Waals surface area contributed by atoms with Crippen LogP contribution in [0, 0.1) is 22.7 Å². The normalized spacial score (nSPS) is 15.8. The van der Waals surface area contributed by atoms with Crippen molar-refractivity contribution in [3.8, 4) is 11.8 Å². The number of phenols is 1. The van der Waals surface area contributed by atoms with Crippen LogP contribution in [-0.4, -0.2) is 16.2 Å². The lowest BCUT2D eigenvalue weighted by atomic mass is 9.70. The maximum atomic E-state index is 12.0. The van der Waals surface area contributed by atoms with Gasteiger partial charge in [-0.2, -0.15) is 5.26 Å². The highest BCUT2D eigenvalue weighted by Crippen LogP contribution is 2.42. The van der Waals surface area contributed by atoms with Crippen molar-refractivity contribution in [2.75, 3.05) is 0 Å². The number of aromatic hydroxyl groups is 1. The number of aliphatic carboxylic acids is 1. The summed E-state index contributed by atoms with van der Waals surface area (Å²) in [5.41, 5.74) is 0.268. The van der Waals surface area contributed by atoms with E-state index in [-0.39, 0.29) is 28.9 Å². The van der Waals surface area contributed by atoms with Gasteiger partial charge in [-0.25, -0.2) is 0 Å². The highest BCUT2D eigenvalue weighted by Gasteiger charge is 2.44. The zero-order valence-corrected chi connectivity index (χ0v) is 17.4. The molecule has 4 heteroatoms. The Labute approximate surface area is 157 Å². The minimum absolute atomic E-state index is 0.125. The summed E-state index contributed by atoms with van der Waals surface area (Å²) in [6.45, 7) is 15.8. The first-order valence-corrected chi connectivity index (χ1v) is 9.22. The van der Waals surface area contributed by atoms with Gasteiger partial charge in [-0.15, -0.1) is 0 Å². The largest absolute Gasteiger partial charge is 0.507 e. The van der Waals surface area contributed by atoms with Crippen LogP contribution in [-0.2, 0) is 22.0 Å². The van der Waals surface area contributed by atoms with Gasteiger partial charge in [0.2, 0.25) is 0 Å². The number of carboxylic acid groups (broad SMARTS) is 1. The summed E-state index contributed by atoms with van der Waals surface area (Å²) in [7, 11) is 0. The Hall–Kier alpha value is -2.02. The van der Waals surface area contributed by atoms with Gasteiger partial charge in [-0.05, 0) is 33.4 Å². The zero-order chi connectivity index (χ0) is 20.5. The van der Waals surface area contributed by atoms with Crippen LogP contribution in [0.25, 0.3) is 0 Å². The Kier molecular flexibility index (Phi) is 6.19. The fourth-order valence-corrected chi connectivity index (χ4v) is 3.27. The minimum Gasteiger partial charge on any atom is -0.507 e. The molecule has 0 aromatic heterocycles. The fourth-order valence-electron chi connectivity index (χ4n) is 3.27. The number of benzene rings is 1. The number of nitrogens with zero attached hydrogens (tertiary/aromatic N) is 1. The molecule has 0 aliphatic carbocycles. The number of carbonyl (C=O) groups is 1.